The van der Waals surface area contributed by atoms with Gasteiger partial charge in [0.2, 0.25) is 0 Å². The second-order valence-corrected chi connectivity index (χ2v) is 28.9. The van der Waals surface area contributed by atoms with Gasteiger partial charge in [0.05, 0.1) is 50.8 Å². The molecule has 2 aliphatic carbocycles. The molecular formula is C101H122N4O4. The second kappa shape index (κ2) is 45.2. The van der Waals surface area contributed by atoms with E-state index in [1.54, 1.807) is 28.4 Å². The molecule has 4 aliphatic heterocycles. The van der Waals surface area contributed by atoms with Gasteiger partial charge >= 0.3 is 0 Å². The molecule has 6 aliphatic rings. The molecule has 15 rings (SSSR count). The van der Waals surface area contributed by atoms with Crippen LogP contribution in [-0.2, 0) is 21.4 Å². The van der Waals surface area contributed by atoms with Crippen LogP contribution in [0.3, 0.4) is 0 Å². The van der Waals surface area contributed by atoms with Crippen molar-refractivity contribution in [3.8, 4) is 17.2 Å². The maximum absolute atomic E-state index is 5.54. The summed E-state index contributed by atoms with van der Waals surface area (Å²) in [5.74, 6) is 4.67. The molecule has 9 aromatic rings. The van der Waals surface area contributed by atoms with E-state index in [-0.39, 0.29) is 16.6 Å². The van der Waals surface area contributed by atoms with E-state index in [1.807, 2.05) is 121 Å². The lowest BCUT2D eigenvalue weighted by Gasteiger charge is -2.49. The number of hydrogen-bond acceptors (Lipinski definition) is 8. The number of aryl methyl sites for hydroxylation is 2. The standard InChI is InChI=1S/C27H33NO2.C26H29NO.C25H31NO.3C6H6.C5H11N/c1-21-7-9-22(10-8-21)27(28-19-5-4-6-20-28,23-11-15-25(29-2)16-12-23)24-13-17-26(30-3)18-14-24;1-21-11-13-23(14-12-21)26(22-9-5-3-6-10-22,27-19-7-4-8-20-27)24-15-17-25(28-2)18-16-24;1-4-5-12-21(2)25(22-13-8-6-9-14-22,26-19-10-7-11-20-26)23-15-17-24(27-3)18-16-23;3*1-2-4-6-5-3-1;1-5-2-3-6-4-5/h7-13,15-17H,4-6,14,18-20H2,1-3H3;3,5-6,9-18H,4,7-8,19-20H2,1-2H3;4-6,8,12-13,15-18H,1-2,7,9-11,14,19-20H2,3H3;3*1-6H;5-6H,2-4H2,1H3/b;;12-5-;;;;. The number of likely N-dealkylation sites (tertiary alicyclic amines) is 3. The van der Waals surface area contributed by atoms with Gasteiger partial charge in [-0.3, -0.25) is 14.7 Å². The normalized spacial score (nSPS) is 17.9. The van der Waals surface area contributed by atoms with E-state index in [1.165, 1.54) is 133 Å². The molecule has 4 fully saturated rings. The van der Waals surface area contributed by atoms with E-state index in [9.17, 15) is 0 Å². The molecule has 4 atom stereocenters. The lowest BCUT2D eigenvalue weighted by molar-refractivity contribution is 0.120. The van der Waals surface area contributed by atoms with Gasteiger partial charge in [-0.25, -0.2) is 0 Å². The van der Waals surface area contributed by atoms with Crippen LogP contribution >= 0.6 is 0 Å². The fourth-order valence-corrected chi connectivity index (χ4v) is 16.0. The van der Waals surface area contributed by atoms with E-state index in [0.29, 0.717) is 0 Å². The Bertz CT molecular complexity index is 4010. The number of methoxy groups -OCH3 is 4. The van der Waals surface area contributed by atoms with Crippen LogP contribution < -0.4 is 19.5 Å². The minimum atomic E-state index is -0.309. The molecule has 570 valence electrons. The van der Waals surface area contributed by atoms with E-state index >= 15 is 0 Å². The molecule has 4 saturated heterocycles. The average Bonchev–Trinajstić information content (AvgIpc) is 0.820. The monoisotopic (exact) mass is 1450 g/mol. The first-order valence-electron chi connectivity index (χ1n) is 39.9. The highest BCUT2D eigenvalue weighted by molar-refractivity contribution is 5.55. The van der Waals surface area contributed by atoms with Crippen molar-refractivity contribution in [2.45, 2.75) is 127 Å². The van der Waals surface area contributed by atoms with E-state index in [0.717, 1.165) is 99.5 Å². The Morgan fingerprint density at radius 2 is 0.780 bits per heavy atom. The van der Waals surface area contributed by atoms with Crippen molar-refractivity contribution >= 4 is 0 Å². The molecule has 0 amide bonds. The van der Waals surface area contributed by atoms with Gasteiger partial charge in [-0.1, -0.05) is 317 Å². The third kappa shape index (κ3) is 22.9. The van der Waals surface area contributed by atoms with Gasteiger partial charge in [-0.2, -0.15) is 0 Å². The minimum Gasteiger partial charge on any atom is -0.501 e. The number of nitrogens with zero attached hydrogens (tertiary/aromatic N) is 3. The van der Waals surface area contributed by atoms with Crippen LogP contribution in [0.15, 0.2) is 345 Å². The summed E-state index contributed by atoms with van der Waals surface area (Å²) in [6.07, 6.45) is 34.0. The summed E-state index contributed by atoms with van der Waals surface area (Å²) in [6, 6.07) is 91.1. The third-order valence-corrected chi connectivity index (χ3v) is 21.7. The van der Waals surface area contributed by atoms with Crippen molar-refractivity contribution in [1.29, 1.82) is 0 Å². The maximum atomic E-state index is 5.54. The van der Waals surface area contributed by atoms with E-state index in [4.69, 9.17) is 18.9 Å². The number of benzene rings is 9. The van der Waals surface area contributed by atoms with E-state index < -0.39 is 0 Å². The quantitative estimate of drug-likeness (QED) is 0.0674. The van der Waals surface area contributed by atoms with Crippen LogP contribution in [0.1, 0.15) is 141 Å². The summed E-state index contributed by atoms with van der Waals surface area (Å²) in [6.45, 7) is 24.1. The summed E-state index contributed by atoms with van der Waals surface area (Å²) in [5.41, 5.74) is 13.6. The Kier molecular flexibility index (Phi) is 34.6. The highest BCUT2D eigenvalue weighted by atomic mass is 16.5. The van der Waals surface area contributed by atoms with Crippen LogP contribution in [0.2, 0.25) is 0 Å². The zero-order valence-electron chi connectivity index (χ0n) is 66.5. The molecule has 0 bridgehead atoms. The van der Waals surface area contributed by atoms with Crippen molar-refractivity contribution in [3.63, 3.8) is 0 Å². The van der Waals surface area contributed by atoms with Gasteiger partial charge < -0.3 is 24.3 Å². The zero-order chi connectivity index (χ0) is 76.6. The molecule has 0 aromatic heterocycles. The Morgan fingerprint density at radius 1 is 0.404 bits per heavy atom. The van der Waals surface area contributed by atoms with E-state index in [2.05, 4.69) is 242 Å². The number of ether oxygens (including phenoxy) is 4. The SMILES string of the molecule is C=C/C=C\C(=C)C(C1=CC=CCC1)(c1ccc(OC)cc1)N1CCCCC1.CC1CCNC1.COC1=CC=C(C(c2ccc(C)cc2)(c2ccc(OC)cc2)N2CCCCC2)CC1.COc1ccc(C(c2ccccc2)(c2ccc(C)cc2)N2CCCCC2)cc1.c1ccccc1.c1ccccc1.c1ccccc1. The fourth-order valence-electron chi connectivity index (χ4n) is 16.0. The number of rotatable bonds is 18. The predicted octanol–water partition coefficient (Wildman–Crippen LogP) is 23.4. The molecule has 4 unspecified atom stereocenters. The zero-order valence-corrected chi connectivity index (χ0v) is 66.5. The molecule has 0 spiro atoms. The Balaban J connectivity index is 0.000000162. The molecule has 4 heterocycles. The first kappa shape index (κ1) is 83.2. The molecule has 8 heteroatoms. The summed E-state index contributed by atoms with van der Waals surface area (Å²) in [5, 5.41) is 3.27. The number of piperidine rings is 3. The molecule has 0 radical (unpaired) electrons. The van der Waals surface area contributed by atoms with Gasteiger partial charge in [0.15, 0.2) is 0 Å². The Morgan fingerprint density at radius 3 is 1.12 bits per heavy atom. The van der Waals surface area contributed by atoms with Crippen LogP contribution in [-0.4, -0.2) is 95.5 Å². The number of hydrogen-bond donors (Lipinski definition) is 1. The maximum Gasteiger partial charge on any atom is 0.118 e. The summed E-state index contributed by atoms with van der Waals surface area (Å²) in [4.78, 5) is 8.03. The van der Waals surface area contributed by atoms with Crippen LogP contribution in [0, 0.1) is 19.8 Å². The molecule has 0 saturated carbocycles. The summed E-state index contributed by atoms with van der Waals surface area (Å²) in [7, 11) is 6.94. The molecular weight excluding hydrogens is 1330 g/mol. The van der Waals surface area contributed by atoms with Gasteiger partial charge in [0.1, 0.15) is 17.2 Å². The predicted molar refractivity (Wildman–Crippen MR) is 460 cm³/mol. The summed E-state index contributed by atoms with van der Waals surface area (Å²) < 4.78 is 21.9. The second-order valence-electron chi connectivity index (χ2n) is 28.9. The van der Waals surface area contributed by atoms with Crippen molar-refractivity contribution in [2.75, 3.05) is 80.8 Å². The molecule has 1 N–H and O–H groups in total. The van der Waals surface area contributed by atoms with Crippen LogP contribution in [0.4, 0.5) is 0 Å². The minimum absolute atomic E-state index is 0.268. The van der Waals surface area contributed by atoms with Crippen molar-refractivity contribution < 1.29 is 18.9 Å². The molecule has 109 heavy (non-hydrogen) atoms. The van der Waals surface area contributed by atoms with Crippen LogP contribution in [0.5, 0.6) is 17.2 Å². The number of allylic oxidation sites excluding steroid dienone is 8. The van der Waals surface area contributed by atoms with Crippen molar-refractivity contribution in [3.05, 3.63) is 390 Å². The Hall–Kier alpha value is -9.80. The van der Waals surface area contributed by atoms with Gasteiger partial charge in [0, 0.05) is 6.42 Å². The largest absolute Gasteiger partial charge is 0.501 e. The number of nitrogens with one attached hydrogen (secondary N) is 1. The topological polar surface area (TPSA) is 58.7 Å². The molecule has 8 nitrogen and oxygen atoms in total. The van der Waals surface area contributed by atoms with Crippen molar-refractivity contribution in [2.24, 2.45) is 5.92 Å². The van der Waals surface area contributed by atoms with Gasteiger partial charge in [-0.15, -0.1) is 0 Å². The van der Waals surface area contributed by atoms with Gasteiger partial charge in [-0.05, 0) is 229 Å². The summed E-state index contributed by atoms with van der Waals surface area (Å²) >= 11 is 0. The smallest absolute Gasteiger partial charge is 0.118 e. The van der Waals surface area contributed by atoms with Gasteiger partial charge in [0.25, 0.3) is 0 Å². The molecule has 9 aromatic carbocycles. The lowest BCUT2D eigenvalue weighted by atomic mass is 9.71. The Labute approximate surface area is 655 Å². The first-order valence-corrected chi connectivity index (χ1v) is 39.9. The first-order chi connectivity index (χ1) is 53.5. The highest BCUT2D eigenvalue weighted by Gasteiger charge is 2.46. The van der Waals surface area contributed by atoms with Crippen molar-refractivity contribution in [1.82, 2.24) is 20.0 Å². The average molecular weight is 1460 g/mol. The van der Waals surface area contributed by atoms with Crippen LogP contribution in [0.25, 0.3) is 0 Å². The third-order valence-electron chi connectivity index (χ3n) is 21.7. The highest BCUT2D eigenvalue weighted by Crippen LogP contribution is 2.50. The fraction of sp³-hybridized carbons (Fsp3) is 0.327. The lowest BCUT2D eigenvalue weighted by Crippen LogP contribution is -2.51.